The molecule has 4 aromatic rings. The molecule has 4 N–H and O–H groups in total. The Balaban J connectivity index is 1.49. The summed E-state index contributed by atoms with van der Waals surface area (Å²) in [6.45, 7) is 6.97. The van der Waals surface area contributed by atoms with Gasteiger partial charge in [0.05, 0.1) is 0 Å². The van der Waals surface area contributed by atoms with Crippen LogP contribution >= 0.6 is 0 Å². The molecule has 2 heteroatoms. The summed E-state index contributed by atoms with van der Waals surface area (Å²) in [5.74, 6) is 0. The predicted molar refractivity (Wildman–Crippen MR) is 135 cm³/mol. The van der Waals surface area contributed by atoms with Crippen LogP contribution in [0.2, 0.25) is 0 Å². The molecule has 0 aliphatic heterocycles. The van der Waals surface area contributed by atoms with Gasteiger partial charge in [-0.05, 0) is 80.8 Å². The summed E-state index contributed by atoms with van der Waals surface area (Å²) in [7, 11) is 0. The Bertz CT molecular complexity index is 1410. The van der Waals surface area contributed by atoms with Gasteiger partial charge in [0.15, 0.2) is 0 Å². The van der Waals surface area contributed by atoms with Gasteiger partial charge in [-0.25, -0.2) is 0 Å². The van der Waals surface area contributed by atoms with Gasteiger partial charge in [-0.1, -0.05) is 75.4 Å². The summed E-state index contributed by atoms with van der Waals surface area (Å²) in [5, 5.41) is 0. The van der Waals surface area contributed by atoms with Crippen molar-refractivity contribution >= 4 is 11.4 Å². The lowest BCUT2D eigenvalue weighted by Crippen LogP contribution is -2.24. The first-order chi connectivity index (χ1) is 15.3. The normalized spacial score (nSPS) is 19.2. The Kier molecular flexibility index (Phi) is 3.75. The molecule has 0 heterocycles. The average molecular weight is 417 g/mol. The molecule has 2 aliphatic rings. The third-order valence-electron chi connectivity index (χ3n) is 7.77. The second kappa shape index (κ2) is 6.26. The molecule has 0 amide bonds. The lowest BCUT2D eigenvalue weighted by molar-refractivity contribution is 0.582. The second-order valence-electron chi connectivity index (χ2n) is 10.2. The zero-order chi connectivity index (χ0) is 22.3. The zero-order valence-electron chi connectivity index (χ0n) is 18.9. The molecular formula is C30H28N2. The molecule has 2 nitrogen and oxygen atoms in total. The van der Waals surface area contributed by atoms with Gasteiger partial charge in [-0.3, -0.25) is 0 Å². The van der Waals surface area contributed by atoms with E-state index in [1.54, 1.807) is 0 Å². The molecule has 4 aromatic carbocycles. The van der Waals surface area contributed by atoms with E-state index in [2.05, 4.69) is 87.5 Å². The fourth-order valence-electron chi connectivity index (χ4n) is 6.14. The lowest BCUT2D eigenvalue weighted by atomic mass is 9.74. The molecule has 6 rings (SSSR count). The van der Waals surface area contributed by atoms with Crippen LogP contribution in [0.3, 0.4) is 0 Å². The first-order valence-electron chi connectivity index (χ1n) is 11.3. The molecule has 1 unspecified atom stereocenters. The predicted octanol–water partition coefficient (Wildman–Crippen LogP) is 6.69. The number of fused-ring (bicyclic) bond motifs is 6. The number of benzene rings is 4. The minimum atomic E-state index is -0.0913. The highest BCUT2D eigenvalue weighted by atomic mass is 14.6. The summed E-state index contributed by atoms with van der Waals surface area (Å²) in [5.41, 5.74) is 25.9. The van der Waals surface area contributed by atoms with Crippen molar-refractivity contribution in [2.45, 2.75) is 38.0 Å². The first kappa shape index (κ1) is 19.2. The minimum absolute atomic E-state index is 0.0352. The van der Waals surface area contributed by atoms with Crippen LogP contribution in [-0.2, 0) is 17.3 Å². The Labute approximate surface area is 189 Å². The maximum absolute atomic E-state index is 6.16. The van der Waals surface area contributed by atoms with Crippen molar-refractivity contribution in [2.75, 3.05) is 11.5 Å². The van der Waals surface area contributed by atoms with E-state index in [4.69, 9.17) is 11.5 Å². The first-order valence-corrected chi connectivity index (χ1v) is 11.3. The van der Waals surface area contributed by atoms with E-state index in [0.29, 0.717) is 0 Å². The van der Waals surface area contributed by atoms with Gasteiger partial charge in [0.1, 0.15) is 0 Å². The van der Waals surface area contributed by atoms with E-state index in [1.807, 2.05) is 12.1 Å². The van der Waals surface area contributed by atoms with Gasteiger partial charge in [-0.2, -0.15) is 0 Å². The van der Waals surface area contributed by atoms with Crippen molar-refractivity contribution in [1.82, 2.24) is 0 Å². The summed E-state index contributed by atoms with van der Waals surface area (Å²) in [6, 6.07) is 28.6. The van der Waals surface area contributed by atoms with Crippen molar-refractivity contribution in [2.24, 2.45) is 0 Å². The molecule has 1 atom stereocenters. The number of hydrogen-bond donors (Lipinski definition) is 2. The highest BCUT2D eigenvalue weighted by Gasteiger charge is 2.40. The average Bonchev–Trinajstić information content (AvgIpc) is 3.14. The molecule has 0 fully saturated rings. The Hall–Kier alpha value is -3.52. The van der Waals surface area contributed by atoms with E-state index in [1.165, 1.54) is 50.1 Å². The van der Waals surface area contributed by atoms with Gasteiger partial charge in [0.25, 0.3) is 0 Å². The summed E-state index contributed by atoms with van der Waals surface area (Å²) >= 11 is 0. The van der Waals surface area contributed by atoms with E-state index in [9.17, 15) is 0 Å². The van der Waals surface area contributed by atoms with E-state index in [-0.39, 0.29) is 10.8 Å². The molecule has 0 aromatic heterocycles. The van der Waals surface area contributed by atoms with Crippen LogP contribution in [-0.4, -0.2) is 0 Å². The fraction of sp³-hybridized carbons (Fsp3) is 0.200. The standard InChI is InChI=1S/C30H28N2/c1-29(2)25-12-8-18(14-23(25)22-11-9-20(32)16-28(22)29)17-30(3)26-7-5-4-6-21(26)24-15-19(31)10-13-27(24)30/h4-16H,17,31-32H2,1-3H3. The highest BCUT2D eigenvalue weighted by Crippen LogP contribution is 2.53. The SMILES string of the molecule is CC1(C)c2ccc(CC3(C)c4ccccc4-c4cc(N)ccc43)cc2-c2ccc(N)cc21. The monoisotopic (exact) mass is 416 g/mol. The number of nitrogen functional groups attached to an aromatic ring is 2. The number of rotatable bonds is 2. The van der Waals surface area contributed by atoms with Gasteiger partial charge in [0.2, 0.25) is 0 Å². The third-order valence-corrected chi connectivity index (χ3v) is 7.77. The lowest BCUT2D eigenvalue weighted by Gasteiger charge is -2.28. The third kappa shape index (κ3) is 2.47. The topological polar surface area (TPSA) is 52.0 Å². The van der Waals surface area contributed by atoms with E-state index < -0.39 is 0 Å². The quantitative estimate of drug-likeness (QED) is 0.358. The van der Waals surface area contributed by atoms with Crippen molar-refractivity contribution < 1.29 is 0 Å². The van der Waals surface area contributed by atoms with Crippen LogP contribution < -0.4 is 11.5 Å². The van der Waals surface area contributed by atoms with Crippen LogP contribution in [0.5, 0.6) is 0 Å². The minimum Gasteiger partial charge on any atom is -0.399 e. The van der Waals surface area contributed by atoms with Crippen molar-refractivity contribution in [3.63, 3.8) is 0 Å². The van der Waals surface area contributed by atoms with Gasteiger partial charge >= 0.3 is 0 Å². The van der Waals surface area contributed by atoms with Crippen molar-refractivity contribution in [1.29, 1.82) is 0 Å². The Morgan fingerprint density at radius 2 is 1.19 bits per heavy atom. The van der Waals surface area contributed by atoms with Crippen molar-refractivity contribution in [3.05, 3.63) is 107 Å². The fourth-order valence-corrected chi connectivity index (χ4v) is 6.14. The van der Waals surface area contributed by atoms with Crippen LogP contribution in [0, 0.1) is 0 Å². The Morgan fingerprint density at radius 3 is 2.03 bits per heavy atom. The zero-order valence-corrected chi connectivity index (χ0v) is 18.9. The largest absolute Gasteiger partial charge is 0.399 e. The van der Waals surface area contributed by atoms with Gasteiger partial charge in [-0.15, -0.1) is 0 Å². The number of nitrogens with two attached hydrogens (primary N) is 2. The van der Waals surface area contributed by atoms with Crippen molar-refractivity contribution in [3.8, 4) is 22.3 Å². The molecule has 2 aliphatic carbocycles. The summed E-state index contributed by atoms with van der Waals surface area (Å²) in [4.78, 5) is 0. The van der Waals surface area contributed by atoms with Crippen LogP contribution in [0.25, 0.3) is 22.3 Å². The molecule has 0 bridgehead atoms. The Morgan fingerprint density at radius 1 is 0.562 bits per heavy atom. The molecule has 0 saturated carbocycles. The maximum atomic E-state index is 6.16. The molecule has 0 saturated heterocycles. The highest BCUT2D eigenvalue weighted by molar-refractivity contribution is 5.84. The summed E-state index contributed by atoms with van der Waals surface area (Å²) in [6.07, 6.45) is 0.943. The molecule has 0 spiro atoms. The molecule has 32 heavy (non-hydrogen) atoms. The van der Waals surface area contributed by atoms with Crippen LogP contribution in [0.15, 0.2) is 78.9 Å². The summed E-state index contributed by atoms with van der Waals surface area (Å²) < 4.78 is 0. The second-order valence-corrected chi connectivity index (χ2v) is 10.2. The van der Waals surface area contributed by atoms with E-state index >= 15 is 0 Å². The van der Waals surface area contributed by atoms with Crippen LogP contribution in [0.4, 0.5) is 11.4 Å². The number of hydrogen-bond acceptors (Lipinski definition) is 2. The maximum Gasteiger partial charge on any atom is 0.0320 e. The molecule has 158 valence electrons. The molecular weight excluding hydrogens is 388 g/mol. The number of anilines is 2. The van der Waals surface area contributed by atoms with Gasteiger partial charge in [0, 0.05) is 22.2 Å². The smallest absolute Gasteiger partial charge is 0.0320 e. The van der Waals surface area contributed by atoms with Crippen LogP contribution in [0.1, 0.15) is 48.6 Å². The molecule has 0 radical (unpaired) electrons. The van der Waals surface area contributed by atoms with E-state index in [0.717, 1.165) is 17.8 Å². The van der Waals surface area contributed by atoms with Gasteiger partial charge < -0.3 is 11.5 Å².